The van der Waals surface area contributed by atoms with Crippen LogP contribution in [0.15, 0.2) is 17.5 Å². The summed E-state index contributed by atoms with van der Waals surface area (Å²) >= 11 is 3.11. The highest BCUT2D eigenvalue weighted by molar-refractivity contribution is 7.17. The summed E-state index contributed by atoms with van der Waals surface area (Å²) in [6.45, 7) is 2.78. The minimum Gasteiger partial charge on any atom is -0.366 e. The Morgan fingerprint density at radius 3 is 2.73 bits per heavy atom. The van der Waals surface area contributed by atoms with E-state index in [1.54, 1.807) is 11.3 Å². The summed E-state index contributed by atoms with van der Waals surface area (Å²) < 4.78 is 5.41. The molecule has 0 aliphatic heterocycles. The topological polar surface area (TPSA) is 88.8 Å². The number of aryl methyl sites for hydroxylation is 1. The zero-order chi connectivity index (χ0) is 17.2. The number of hydrogen-bond acceptors (Lipinski definition) is 8. The van der Waals surface area contributed by atoms with Gasteiger partial charge in [-0.1, -0.05) is 0 Å². The smallest absolute Gasteiger partial charge is 0.230 e. The zero-order valence-corrected chi connectivity index (χ0v) is 17.0. The van der Waals surface area contributed by atoms with Crippen LogP contribution in [0.1, 0.15) is 31.4 Å². The molecule has 0 radical (unpaired) electrons. The molecule has 1 aliphatic rings. The molecule has 0 spiro atoms. The third kappa shape index (κ3) is 4.25. The molecule has 1 fully saturated rings. The predicted octanol–water partition coefficient (Wildman–Crippen LogP) is 4.55. The quantitative estimate of drug-likeness (QED) is 0.571. The van der Waals surface area contributed by atoms with E-state index >= 15 is 0 Å². The van der Waals surface area contributed by atoms with Crippen LogP contribution in [0.5, 0.6) is 0 Å². The molecule has 0 atom stereocenters. The molecule has 0 saturated heterocycles. The Morgan fingerprint density at radius 1 is 1.23 bits per heavy atom. The van der Waals surface area contributed by atoms with E-state index in [9.17, 15) is 0 Å². The van der Waals surface area contributed by atoms with Crippen molar-refractivity contribution in [3.05, 3.63) is 23.2 Å². The van der Waals surface area contributed by atoms with Crippen LogP contribution in [-0.4, -0.2) is 26.9 Å². The number of rotatable bonds is 5. The molecule has 1 aliphatic carbocycles. The van der Waals surface area contributed by atoms with Gasteiger partial charge in [-0.15, -0.1) is 23.7 Å². The van der Waals surface area contributed by atoms with Gasteiger partial charge in [0.05, 0.1) is 15.9 Å². The van der Waals surface area contributed by atoms with Crippen molar-refractivity contribution < 1.29 is 0 Å². The van der Waals surface area contributed by atoms with Crippen molar-refractivity contribution in [3.8, 4) is 0 Å². The highest BCUT2D eigenvalue weighted by atomic mass is 35.5. The van der Waals surface area contributed by atoms with Crippen molar-refractivity contribution >= 4 is 62.3 Å². The molecule has 3 heterocycles. The van der Waals surface area contributed by atoms with Gasteiger partial charge in [-0.25, -0.2) is 4.98 Å². The summed E-state index contributed by atoms with van der Waals surface area (Å²) in [5.74, 6) is 2.23. The first-order valence-corrected chi connectivity index (χ1v) is 10.3. The minimum absolute atomic E-state index is 0. The molecule has 0 bridgehead atoms. The second kappa shape index (κ2) is 8.47. The molecule has 1 saturated carbocycles. The molecule has 0 unspecified atom stereocenters. The SMILES string of the molecule is Cc1cc(Nc2nc(NC3CCC(CN)CC3)c3sccc3n2)sn1.Cl. The summed E-state index contributed by atoms with van der Waals surface area (Å²) in [5.41, 5.74) is 7.78. The molecular formula is C17H23ClN6S2. The molecule has 140 valence electrons. The van der Waals surface area contributed by atoms with Gasteiger partial charge in [0.15, 0.2) is 0 Å². The molecule has 3 aromatic rings. The molecule has 0 aromatic carbocycles. The zero-order valence-electron chi connectivity index (χ0n) is 14.6. The van der Waals surface area contributed by atoms with Crippen LogP contribution >= 0.6 is 35.3 Å². The first kappa shape index (κ1) is 19.3. The van der Waals surface area contributed by atoms with Crippen molar-refractivity contribution in [2.24, 2.45) is 11.7 Å². The standard InChI is InChI=1S/C17H22N6S2.ClH/c1-10-8-14(25-23-10)21-17-20-13-6-7-24-15(13)16(22-17)19-12-4-2-11(9-18)3-5-12;/h6-8,11-12H,2-5,9,18H2,1H3,(H2,19,20,21,22);1H. The van der Waals surface area contributed by atoms with E-state index in [1.807, 2.05) is 19.1 Å². The van der Waals surface area contributed by atoms with Crippen LogP contribution in [0.3, 0.4) is 0 Å². The molecule has 9 heteroatoms. The Balaban J connectivity index is 0.00000196. The number of hydrogen-bond donors (Lipinski definition) is 3. The molecule has 4 rings (SSSR count). The van der Waals surface area contributed by atoms with Gasteiger partial charge in [-0.2, -0.15) is 9.36 Å². The fourth-order valence-electron chi connectivity index (χ4n) is 3.29. The predicted molar refractivity (Wildman–Crippen MR) is 113 cm³/mol. The lowest BCUT2D eigenvalue weighted by Crippen LogP contribution is -2.29. The van der Waals surface area contributed by atoms with Gasteiger partial charge in [0.25, 0.3) is 0 Å². The second-order valence-corrected chi connectivity index (χ2v) is 8.31. The molecule has 4 N–H and O–H groups in total. The van der Waals surface area contributed by atoms with Crippen LogP contribution < -0.4 is 16.4 Å². The number of thiophene rings is 1. The lowest BCUT2D eigenvalue weighted by atomic mass is 9.86. The van der Waals surface area contributed by atoms with Crippen molar-refractivity contribution in [2.45, 2.75) is 38.6 Å². The van der Waals surface area contributed by atoms with Crippen LogP contribution in [0.25, 0.3) is 10.2 Å². The van der Waals surface area contributed by atoms with E-state index in [1.165, 1.54) is 24.4 Å². The third-order valence-corrected chi connectivity index (χ3v) is 6.39. The Bertz CT molecular complexity index is 856. The molecular weight excluding hydrogens is 388 g/mol. The van der Waals surface area contributed by atoms with Gasteiger partial charge in [-0.3, -0.25) is 0 Å². The fourth-order valence-corrected chi connectivity index (χ4v) is 4.72. The average molecular weight is 411 g/mol. The Labute approximate surface area is 167 Å². The van der Waals surface area contributed by atoms with Crippen LogP contribution in [-0.2, 0) is 0 Å². The molecule has 0 amide bonds. The van der Waals surface area contributed by atoms with E-state index in [-0.39, 0.29) is 12.4 Å². The first-order valence-electron chi connectivity index (χ1n) is 8.63. The first-order chi connectivity index (χ1) is 12.2. The second-order valence-electron chi connectivity index (χ2n) is 6.59. The highest BCUT2D eigenvalue weighted by Crippen LogP contribution is 2.32. The van der Waals surface area contributed by atoms with Crippen LogP contribution in [0, 0.1) is 12.8 Å². The normalized spacial score (nSPS) is 19.9. The maximum atomic E-state index is 5.80. The number of nitrogens with zero attached hydrogens (tertiary/aromatic N) is 3. The fraction of sp³-hybridized carbons (Fsp3) is 0.471. The van der Waals surface area contributed by atoms with Gasteiger partial charge in [0, 0.05) is 6.04 Å². The van der Waals surface area contributed by atoms with Crippen LogP contribution in [0.2, 0.25) is 0 Å². The van der Waals surface area contributed by atoms with Gasteiger partial charge in [0.1, 0.15) is 10.8 Å². The van der Waals surface area contributed by atoms with Crippen molar-refractivity contribution in [1.82, 2.24) is 14.3 Å². The Hall–Kier alpha value is -1.48. The van der Waals surface area contributed by atoms with E-state index in [2.05, 4.69) is 25.4 Å². The van der Waals surface area contributed by atoms with E-state index in [4.69, 9.17) is 10.7 Å². The summed E-state index contributed by atoms with van der Waals surface area (Å²) in [5, 5.41) is 9.96. The lowest BCUT2D eigenvalue weighted by Gasteiger charge is -2.28. The molecule has 6 nitrogen and oxygen atoms in total. The lowest BCUT2D eigenvalue weighted by molar-refractivity contribution is 0.344. The van der Waals surface area contributed by atoms with Crippen LogP contribution in [0.4, 0.5) is 16.8 Å². The maximum Gasteiger partial charge on any atom is 0.230 e. The third-order valence-electron chi connectivity index (χ3n) is 4.69. The summed E-state index contributed by atoms with van der Waals surface area (Å²) in [6, 6.07) is 4.51. The van der Waals surface area contributed by atoms with E-state index in [0.29, 0.717) is 17.9 Å². The number of aromatic nitrogens is 3. The van der Waals surface area contributed by atoms with Crippen molar-refractivity contribution in [2.75, 3.05) is 17.2 Å². The van der Waals surface area contributed by atoms with E-state index < -0.39 is 0 Å². The van der Waals surface area contributed by atoms with Gasteiger partial charge >= 0.3 is 0 Å². The largest absolute Gasteiger partial charge is 0.366 e. The summed E-state index contributed by atoms with van der Waals surface area (Å²) in [6.07, 6.45) is 4.68. The van der Waals surface area contributed by atoms with Gasteiger partial charge < -0.3 is 16.4 Å². The van der Waals surface area contributed by atoms with Gasteiger partial charge in [0.2, 0.25) is 5.95 Å². The number of anilines is 3. The van der Waals surface area contributed by atoms with Gasteiger partial charge in [-0.05, 0) is 74.1 Å². The minimum atomic E-state index is 0. The average Bonchev–Trinajstić information content (AvgIpc) is 3.24. The Kier molecular flexibility index (Phi) is 6.29. The number of halogens is 1. The van der Waals surface area contributed by atoms with E-state index in [0.717, 1.165) is 46.1 Å². The molecule has 26 heavy (non-hydrogen) atoms. The monoisotopic (exact) mass is 410 g/mol. The highest BCUT2D eigenvalue weighted by Gasteiger charge is 2.21. The van der Waals surface area contributed by atoms with Crippen molar-refractivity contribution in [3.63, 3.8) is 0 Å². The van der Waals surface area contributed by atoms with Crippen molar-refractivity contribution in [1.29, 1.82) is 0 Å². The maximum absolute atomic E-state index is 5.80. The number of fused-ring (bicyclic) bond motifs is 1. The molecule has 3 aromatic heterocycles. The summed E-state index contributed by atoms with van der Waals surface area (Å²) in [7, 11) is 0. The Morgan fingerprint density at radius 2 is 2.04 bits per heavy atom. The number of nitrogens with one attached hydrogen (secondary N) is 2. The number of nitrogens with two attached hydrogens (primary N) is 1. The summed E-state index contributed by atoms with van der Waals surface area (Å²) in [4.78, 5) is 9.37.